The van der Waals surface area contributed by atoms with Crippen LogP contribution in [0.5, 0.6) is 5.75 Å². The number of rotatable bonds is 9. The highest BCUT2D eigenvalue weighted by Crippen LogP contribution is 2.33. The number of amides is 2. The zero-order valence-corrected chi connectivity index (χ0v) is 23.0. The van der Waals surface area contributed by atoms with Gasteiger partial charge in [-0.2, -0.15) is 0 Å². The Morgan fingerprint density at radius 2 is 1.59 bits per heavy atom. The lowest BCUT2D eigenvalue weighted by Gasteiger charge is -2.27. The maximum absolute atomic E-state index is 13.1. The van der Waals surface area contributed by atoms with Gasteiger partial charge < -0.3 is 9.47 Å². The second-order valence-corrected chi connectivity index (χ2v) is 10.0. The van der Waals surface area contributed by atoms with Gasteiger partial charge in [0.1, 0.15) is 17.4 Å². The third-order valence-corrected chi connectivity index (χ3v) is 6.90. The molecule has 2 amide bonds. The van der Waals surface area contributed by atoms with Crippen LogP contribution in [0.1, 0.15) is 55.3 Å². The minimum Gasteiger partial charge on any atom is -0.456 e. The summed E-state index contributed by atoms with van der Waals surface area (Å²) in [7, 11) is 0. The molecule has 13 heteroatoms. The molecule has 0 bridgehead atoms. The van der Waals surface area contributed by atoms with E-state index in [-0.39, 0.29) is 32.5 Å². The first kappa shape index (κ1) is 29.4. The van der Waals surface area contributed by atoms with E-state index in [4.69, 9.17) is 32.7 Å². The van der Waals surface area contributed by atoms with Gasteiger partial charge in [-0.15, -0.1) is 0 Å². The molecule has 1 heterocycles. The summed E-state index contributed by atoms with van der Waals surface area (Å²) in [6.07, 6.45) is 0. The molecule has 0 fully saturated rings. The Morgan fingerprint density at radius 1 is 0.927 bits per heavy atom. The Kier molecular flexibility index (Phi) is 8.50. The minimum absolute atomic E-state index is 0.129. The van der Waals surface area contributed by atoms with Gasteiger partial charge in [0.25, 0.3) is 17.5 Å². The van der Waals surface area contributed by atoms with E-state index < -0.39 is 64.3 Å². The number of nitrogens with zero attached hydrogens (tertiary/aromatic N) is 2. The lowest BCUT2D eigenvalue weighted by atomic mass is 10.0. The molecule has 0 saturated carbocycles. The van der Waals surface area contributed by atoms with Crippen molar-refractivity contribution in [2.24, 2.45) is 5.92 Å². The van der Waals surface area contributed by atoms with Gasteiger partial charge in [-0.3, -0.25) is 29.4 Å². The number of ether oxygens (including phenoxy) is 2. The smallest absolute Gasteiger partial charge is 0.343 e. The standard InChI is InChI=1S/C28H20Cl2N2O9/c1-14(2)24(31-25(34)18-4-3-5-21(32(38)39)23(18)26(31)35)28(37)40-13-22(33)15-6-9-17(10-7-15)41-27(36)16-8-11-19(29)20(30)12-16/h3-12,14,24H,13H2,1-2H3/t24-/m0/s1. The molecule has 1 aliphatic rings. The molecule has 3 aromatic rings. The van der Waals surface area contributed by atoms with E-state index in [1.165, 1.54) is 54.6 Å². The van der Waals surface area contributed by atoms with Gasteiger partial charge in [-0.25, -0.2) is 9.59 Å². The highest BCUT2D eigenvalue weighted by molar-refractivity contribution is 6.42. The van der Waals surface area contributed by atoms with Crippen molar-refractivity contribution in [3.05, 3.63) is 103 Å². The number of halogens is 2. The van der Waals surface area contributed by atoms with E-state index in [0.717, 1.165) is 6.07 Å². The Labute approximate surface area is 242 Å². The molecular formula is C28H20Cl2N2O9. The van der Waals surface area contributed by atoms with Crippen LogP contribution >= 0.6 is 23.2 Å². The lowest BCUT2D eigenvalue weighted by molar-refractivity contribution is -0.385. The molecule has 0 aromatic heterocycles. The van der Waals surface area contributed by atoms with Gasteiger partial charge in [-0.05, 0) is 54.4 Å². The first-order chi connectivity index (χ1) is 19.4. The fourth-order valence-corrected chi connectivity index (χ4v) is 4.47. The maximum Gasteiger partial charge on any atom is 0.343 e. The molecule has 0 N–H and O–H groups in total. The van der Waals surface area contributed by atoms with E-state index in [2.05, 4.69) is 0 Å². The molecule has 3 aromatic carbocycles. The van der Waals surface area contributed by atoms with Gasteiger partial charge in [0.2, 0.25) is 0 Å². The Hall–Kier alpha value is -4.61. The van der Waals surface area contributed by atoms with E-state index in [0.29, 0.717) is 4.90 Å². The number of carbonyl (C=O) groups is 5. The van der Waals surface area contributed by atoms with Crippen LogP contribution in [0.2, 0.25) is 10.0 Å². The van der Waals surface area contributed by atoms with Crippen LogP contribution in [-0.2, 0) is 9.53 Å². The van der Waals surface area contributed by atoms with Gasteiger partial charge >= 0.3 is 11.9 Å². The number of ketones is 1. The second kappa shape index (κ2) is 11.9. The zero-order valence-electron chi connectivity index (χ0n) is 21.5. The van der Waals surface area contributed by atoms with Crippen LogP contribution in [0.25, 0.3) is 0 Å². The molecule has 210 valence electrons. The summed E-state index contributed by atoms with van der Waals surface area (Å²) in [5.74, 6) is -4.71. The van der Waals surface area contributed by atoms with Crippen LogP contribution in [0, 0.1) is 16.0 Å². The predicted octanol–water partition coefficient (Wildman–Crippen LogP) is 5.17. The molecule has 11 nitrogen and oxygen atoms in total. The second-order valence-electron chi connectivity index (χ2n) is 9.20. The number of nitro groups is 1. The zero-order chi connectivity index (χ0) is 30.0. The van der Waals surface area contributed by atoms with E-state index >= 15 is 0 Å². The van der Waals surface area contributed by atoms with Crippen LogP contribution in [0.4, 0.5) is 5.69 Å². The highest BCUT2D eigenvalue weighted by Gasteiger charge is 2.48. The number of imide groups is 1. The summed E-state index contributed by atoms with van der Waals surface area (Å²) < 4.78 is 10.4. The Morgan fingerprint density at radius 3 is 2.20 bits per heavy atom. The third kappa shape index (κ3) is 5.96. The summed E-state index contributed by atoms with van der Waals surface area (Å²) in [5, 5.41) is 11.9. The summed E-state index contributed by atoms with van der Waals surface area (Å²) in [6, 6.07) is 11.9. The highest BCUT2D eigenvalue weighted by atomic mass is 35.5. The fraction of sp³-hybridized carbons (Fsp3) is 0.179. The molecule has 1 atom stereocenters. The molecule has 4 rings (SSSR count). The number of hydrogen-bond acceptors (Lipinski definition) is 9. The number of benzene rings is 3. The first-order valence-corrected chi connectivity index (χ1v) is 12.8. The van der Waals surface area contributed by atoms with Gasteiger partial charge in [0.05, 0.1) is 26.1 Å². The Bertz CT molecular complexity index is 1600. The quantitative estimate of drug-likeness (QED) is 0.0811. The summed E-state index contributed by atoms with van der Waals surface area (Å²) >= 11 is 11.8. The molecule has 0 saturated heterocycles. The molecule has 0 unspecified atom stereocenters. The average molecular weight is 599 g/mol. The number of hydrogen-bond donors (Lipinski definition) is 0. The summed E-state index contributed by atoms with van der Waals surface area (Å²) in [6.45, 7) is 2.40. The average Bonchev–Trinajstić information content (AvgIpc) is 3.18. The fourth-order valence-electron chi connectivity index (χ4n) is 4.17. The van der Waals surface area contributed by atoms with Crippen LogP contribution < -0.4 is 4.74 Å². The SMILES string of the molecule is CC(C)[C@@H](C(=O)OCC(=O)c1ccc(OC(=O)c2ccc(Cl)c(Cl)c2)cc1)N1C(=O)c2cccc([N+](=O)[O-])c2C1=O. The number of esters is 2. The number of nitro benzene ring substituents is 1. The number of fused-ring (bicyclic) bond motifs is 1. The number of Topliss-reactive ketones (excluding diaryl/α,β-unsaturated/α-hetero) is 1. The predicted molar refractivity (Wildman–Crippen MR) is 145 cm³/mol. The van der Waals surface area contributed by atoms with Crippen molar-refractivity contribution in [1.29, 1.82) is 0 Å². The van der Waals surface area contributed by atoms with Crippen molar-refractivity contribution in [2.75, 3.05) is 6.61 Å². The molecule has 1 aliphatic heterocycles. The number of carbonyl (C=O) groups excluding carboxylic acids is 5. The normalized spacial score (nSPS) is 13.1. The van der Waals surface area contributed by atoms with Gasteiger partial charge in [-0.1, -0.05) is 43.1 Å². The van der Waals surface area contributed by atoms with Gasteiger partial charge in [0, 0.05) is 11.6 Å². The van der Waals surface area contributed by atoms with Crippen LogP contribution in [-0.4, -0.2) is 52.0 Å². The van der Waals surface area contributed by atoms with Crippen LogP contribution in [0.15, 0.2) is 60.7 Å². The van der Waals surface area contributed by atoms with Gasteiger partial charge in [0.15, 0.2) is 12.4 Å². The first-order valence-electron chi connectivity index (χ1n) is 12.0. The summed E-state index contributed by atoms with van der Waals surface area (Å²) in [5.41, 5.74) is -0.862. The van der Waals surface area contributed by atoms with Crippen molar-refractivity contribution in [3.8, 4) is 5.75 Å². The topological polar surface area (TPSA) is 150 Å². The van der Waals surface area contributed by atoms with Crippen molar-refractivity contribution in [1.82, 2.24) is 4.90 Å². The molecule has 0 aliphatic carbocycles. The van der Waals surface area contributed by atoms with Crippen molar-refractivity contribution in [2.45, 2.75) is 19.9 Å². The maximum atomic E-state index is 13.1. The molecule has 0 spiro atoms. The van der Waals surface area contributed by atoms with E-state index in [1.807, 2.05) is 0 Å². The minimum atomic E-state index is -1.43. The monoisotopic (exact) mass is 598 g/mol. The third-order valence-electron chi connectivity index (χ3n) is 6.16. The Balaban J connectivity index is 1.42. The lowest BCUT2D eigenvalue weighted by Crippen LogP contribution is -2.49. The largest absolute Gasteiger partial charge is 0.456 e. The summed E-state index contributed by atoms with van der Waals surface area (Å²) in [4.78, 5) is 75.3. The molecular weight excluding hydrogens is 579 g/mol. The van der Waals surface area contributed by atoms with E-state index in [1.54, 1.807) is 13.8 Å². The van der Waals surface area contributed by atoms with Crippen molar-refractivity contribution < 1.29 is 38.4 Å². The van der Waals surface area contributed by atoms with E-state index in [9.17, 15) is 34.1 Å². The van der Waals surface area contributed by atoms with Crippen molar-refractivity contribution in [3.63, 3.8) is 0 Å². The molecule has 0 radical (unpaired) electrons. The van der Waals surface area contributed by atoms with Crippen LogP contribution in [0.3, 0.4) is 0 Å². The van der Waals surface area contributed by atoms with Crippen molar-refractivity contribution >= 4 is 58.4 Å². The molecule has 41 heavy (non-hydrogen) atoms.